The van der Waals surface area contributed by atoms with Gasteiger partial charge < -0.3 is 5.32 Å². The molecule has 0 heterocycles. The third kappa shape index (κ3) is 5.20. The number of aryl methyl sites for hydroxylation is 1. The van der Waals surface area contributed by atoms with Gasteiger partial charge in [0.2, 0.25) is 10.0 Å². The standard InChI is InChI=1S/C21H18ClFN2O3S/c1-14-7-8-16(21(26)25-19-10-9-17(22)12-18(19)23)11-20(14)29(27,28)24-13-15-5-3-2-4-6-15/h2-12,24H,13H2,1H3,(H,25,26). The molecule has 3 aromatic rings. The molecule has 0 unspecified atom stereocenters. The van der Waals surface area contributed by atoms with E-state index >= 15 is 0 Å². The number of hydrogen-bond acceptors (Lipinski definition) is 3. The van der Waals surface area contributed by atoms with Crippen molar-refractivity contribution in [3.63, 3.8) is 0 Å². The number of carbonyl (C=O) groups is 1. The minimum atomic E-state index is -3.85. The van der Waals surface area contributed by atoms with E-state index in [0.717, 1.165) is 11.6 Å². The maximum absolute atomic E-state index is 13.9. The number of carbonyl (C=O) groups excluding carboxylic acids is 1. The second-order valence-electron chi connectivity index (χ2n) is 6.37. The van der Waals surface area contributed by atoms with Gasteiger partial charge in [-0.05, 0) is 48.4 Å². The molecule has 29 heavy (non-hydrogen) atoms. The highest BCUT2D eigenvalue weighted by atomic mass is 35.5. The normalized spacial score (nSPS) is 11.3. The zero-order valence-electron chi connectivity index (χ0n) is 15.4. The summed E-state index contributed by atoms with van der Waals surface area (Å²) in [7, 11) is -3.85. The summed E-state index contributed by atoms with van der Waals surface area (Å²) >= 11 is 5.71. The Labute approximate surface area is 173 Å². The van der Waals surface area contributed by atoms with Crippen molar-refractivity contribution in [2.75, 3.05) is 5.32 Å². The molecule has 150 valence electrons. The van der Waals surface area contributed by atoms with Gasteiger partial charge in [-0.3, -0.25) is 4.79 Å². The summed E-state index contributed by atoms with van der Waals surface area (Å²) in [5.74, 6) is -1.32. The highest BCUT2D eigenvalue weighted by Crippen LogP contribution is 2.21. The average Bonchev–Trinajstić information content (AvgIpc) is 2.69. The van der Waals surface area contributed by atoms with Crippen LogP contribution in [-0.4, -0.2) is 14.3 Å². The van der Waals surface area contributed by atoms with E-state index in [-0.39, 0.29) is 27.7 Å². The number of amides is 1. The van der Waals surface area contributed by atoms with Gasteiger partial charge in [-0.2, -0.15) is 0 Å². The van der Waals surface area contributed by atoms with Gasteiger partial charge in [-0.1, -0.05) is 48.0 Å². The summed E-state index contributed by atoms with van der Waals surface area (Å²) in [6, 6.07) is 17.2. The first-order chi connectivity index (χ1) is 13.8. The molecule has 0 aliphatic heterocycles. The Bertz CT molecular complexity index is 1150. The fourth-order valence-electron chi connectivity index (χ4n) is 2.67. The van der Waals surface area contributed by atoms with Crippen molar-refractivity contribution in [2.45, 2.75) is 18.4 Å². The molecule has 0 saturated carbocycles. The van der Waals surface area contributed by atoms with Crippen molar-refractivity contribution < 1.29 is 17.6 Å². The number of halogens is 2. The number of hydrogen-bond donors (Lipinski definition) is 2. The van der Waals surface area contributed by atoms with Crippen LogP contribution in [0.4, 0.5) is 10.1 Å². The van der Waals surface area contributed by atoms with Crippen LogP contribution in [0.1, 0.15) is 21.5 Å². The van der Waals surface area contributed by atoms with Crippen LogP contribution in [0.15, 0.2) is 71.6 Å². The molecule has 0 spiro atoms. The molecular formula is C21H18ClFN2O3S. The van der Waals surface area contributed by atoms with Crippen LogP contribution in [0.5, 0.6) is 0 Å². The summed E-state index contributed by atoms with van der Waals surface area (Å²) in [5.41, 5.74) is 1.33. The fraction of sp³-hybridized carbons (Fsp3) is 0.0952. The Balaban J connectivity index is 1.82. The molecule has 1 amide bonds. The molecule has 8 heteroatoms. The van der Waals surface area contributed by atoms with Crippen molar-refractivity contribution in [1.82, 2.24) is 4.72 Å². The largest absolute Gasteiger partial charge is 0.319 e. The third-order valence-corrected chi connectivity index (χ3v) is 6.01. The molecule has 0 aliphatic carbocycles. The van der Waals surface area contributed by atoms with Crippen LogP contribution in [0.2, 0.25) is 5.02 Å². The second kappa shape index (κ2) is 8.73. The summed E-state index contributed by atoms with van der Waals surface area (Å²) in [4.78, 5) is 12.5. The zero-order valence-corrected chi connectivity index (χ0v) is 17.0. The van der Waals surface area contributed by atoms with Gasteiger partial charge in [0.05, 0.1) is 10.6 Å². The lowest BCUT2D eigenvalue weighted by atomic mass is 10.1. The van der Waals surface area contributed by atoms with Gasteiger partial charge in [0.25, 0.3) is 5.91 Å². The molecule has 3 rings (SSSR count). The minimum Gasteiger partial charge on any atom is -0.319 e. The lowest BCUT2D eigenvalue weighted by Gasteiger charge is -2.12. The van der Waals surface area contributed by atoms with Crippen LogP contribution < -0.4 is 10.0 Å². The molecule has 0 radical (unpaired) electrons. The van der Waals surface area contributed by atoms with E-state index in [1.807, 2.05) is 18.2 Å². The van der Waals surface area contributed by atoms with Crippen LogP contribution in [-0.2, 0) is 16.6 Å². The van der Waals surface area contributed by atoms with Crippen LogP contribution in [0.3, 0.4) is 0 Å². The van der Waals surface area contributed by atoms with Gasteiger partial charge in [-0.15, -0.1) is 0 Å². The lowest BCUT2D eigenvalue weighted by molar-refractivity contribution is 0.102. The van der Waals surface area contributed by atoms with Crippen molar-refractivity contribution in [3.8, 4) is 0 Å². The molecule has 0 fully saturated rings. The molecule has 3 aromatic carbocycles. The molecule has 0 saturated heterocycles. The Kier molecular flexibility index (Phi) is 6.32. The van der Waals surface area contributed by atoms with E-state index in [1.54, 1.807) is 19.1 Å². The highest BCUT2D eigenvalue weighted by Gasteiger charge is 2.19. The second-order valence-corrected chi connectivity index (χ2v) is 8.54. The zero-order chi connectivity index (χ0) is 21.0. The van der Waals surface area contributed by atoms with Gasteiger partial charge in [0.15, 0.2) is 0 Å². The maximum atomic E-state index is 13.9. The van der Waals surface area contributed by atoms with Crippen molar-refractivity contribution >= 4 is 33.2 Å². The van der Waals surface area contributed by atoms with Gasteiger partial charge >= 0.3 is 0 Å². The first-order valence-electron chi connectivity index (χ1n) is 8.67. The minimum absolute atomic E-state index is 0.0161. The third-order valence-electron chi connectivity index (χ3n) is 4.23. The number of nitrogens with one attached hydrogen (secondary N) is 2. The number of sulfonamides is 1. The molecule has 2 N–H and O–H groups in total. The lowest BCUT2D eigenvalue weighted by Crippen LogP contribution is -2.24. The van der Waals surface area contributed by atoms with Crippen LogP contribution in [0.25, 0.3) is 0 Å². The van der Waals surface area contributed by atoms with Crippen LogP contribution in [0, 0.1) is 12.7 Å². The Hall–Kier alpha value is -2.74. The van der Waals surface area contributed by atoms with E-state index in [4.69, 9.17) is 11.6 Å². The Morgan fingerprint density at radius 2 is 1.76 bits per heavy atom. The molecule has 5 nitrogen and oxygen atoms in total. The SMILES string of the molecule is Cc1ccc(C(=O)Nc2ccc(Cl)cc2F)cc1S(=O)(=O)NCc1ccccc1. The van der Waals surface area contributed by atoms with E-state index in [2.05, 4.69) is 10.0 Å². The number of anilines is 1. The molecular weight excluding hydrogens is 415 g/mol. The quantitative estimate of drug-likeness (QED) is 0.601. The van der Waals surface area contributed by atoms with E-state index in [9.17, 15) is 17.6 Å². The Morgan fingerprint density at radius 3 is 2.45 bits per heavy atom. The summed E-state index contributed by atoms with van der Waals surface area (Å²) in [5, 5.41) is 2.62. The van der Waals surface area contributed by atoms with Crippen molar-refractivity contribution in [1.29, 1.82) is 0 Å². The average molecular weight is 433 g/mol. The Morgan fingerprint density at radius 1 is 1.03 bits per heavy atom. The first kappa shape index (κ1) is 21.0. The maximum Gasteiger partial charge on any atom is 0.255 e. The fourth-order valence-corrected chi connectivity index (χ4v) is 4.11. The smallest absolute Gasteiger partial charge is 0.255 e. The first-order valence-corrected chi connectivity index (χ1v) is 10.5. The summed E-state index contributed by atoms with van der Waals surface area (Å²) < 4.78 is 41.9. The van der Waals surface area contributed by atoms with E-state index in [1.165, 1.54) is 30.3 Å². The topological polar surface area (TPSA) is 75.3 Å². The summed E-state index contributed by atoms with van der Waals surface area (Å²) in [6.45, 7) is 1.76. The van der Waals surface area contributed by atoms with Crippen molar-refractivity contribution in [2.24, 2.45) is 0 Å². The molecule has 0 atom stereocenters. The van der Waals surface area contributed by atoms with E-state index in [0.29, 0.717) is 5.56 Å². The van der Waals surface area contributed by atoms with Gasteiger partial charge in [-0.25, -0.2) is 17.5 Å². The predicted molar refractivity (Wildman–Crippen MR) is 111 cm³/mol. The monoisotopic (exact) mass is 432 g/mol. The van der Waals surface area contributed by atoms with Crippen molar-refractivity contribution in [3.05, 3.63) is 94.3 Å². The predicted octanol–water partition coefficient (Wildman–Crippen LogP) is 4.52. The highest BCUT2D eigenvalue weighted by molar-refractivity contribution is 7.89. The molecule has 0 aliphatic rings. The van der Waals surface area contributed by atoms with E-state index < -0.39 is 21.7 Å². The molecule has 0 bridgehead atoms. The van der Waals surface area contributed by atoms with Gasteiger partial charge in [0, 0.05) is 17.1 Å². The van der Waals surface area contributed by atoms with Crippen LogP contribution >= 0.6 is 11.6 Å². The summed E-state index contributed by atoms with van der Waals surface area (Å²) in [6.07, 6.45) is 0. The number of benzene rings is 3. The molecule has 0 aromatic heterocycles. The van der Waals surface area contributed by atoms with Gasteiger partial charge in [0.1, 0.15) is 5.82 Å². The number of rotatable bonds is 6.